The van der Waals surface area contributed by atoms with Crippen molar-refractivity contribution in [3.63, 3.8) is 0 Å². The standard InChI is InChI=1S/C13H9BrF2N2/c14-10-3-1-2-9(6-10)8-17-18-13-5-4-11(15)7-12(13)16/h1-8,18H/b17-8-. The zero-order valence-corrected chi connectivity index (χ0v) is 10.8. The van der Waals surface area contributed by atoms with Crippen LogP contribution < -0.4 is 5.43 Å². The van der Waals surface area contributed by atoms with E-state index in [0.29, 0.717) is 0 Å². The lowest BCUT2D eigenvalue weighted by atomic mass is 10.2. The summed E-state index contributed by atoms with van der Waals surface area (Å²) in [5.74, 6) is -1.30. The highest BCUT2D eigenvalue weighted by Crippen LogP contribution is 2.15. The Kier molecular flexibility index (Phi) is 4.04. The van der Waals surface area contributed by atoms with Crippen LogP contribution in [0.2, 0.25) is 0 Å². The minimum absolute atomic E-state index is 0.127. The molecule has 0 unspecified atom stereocenters. The van der Waals surface area contributed by atoms with Crippen LogP contribution in [-0.4, -0.2) is 6.21 Å². The van der Waals surface area contributed by atoms with Gasteiger partial charge >= 0.3 is 0 Å². The van der Waals surface area contributed by atoms with E-state index in [0.717, 1.165) is 16.1 Å². The minimum atomic E-state index is -0.679. The van der Waals surface area contributed by atoms with Crippen LogP contribution in [-0.2, 0) is 0 Å². The van der Waals surface area contributed by atoms with Gasteiger partial charge in [-0.15, -0.1) is 0 Å². The summed E-state index contributed by atoms with van der Waals surface area (Å²) < 4.78 is 26.9. The molecular formula is C13H9BrF2N2. The number of hydrogen-bond acceptors (Lipinski definition) is 2. The van der Waals surface area contributed by atoms with Crippen molar-refractivity contribution in [2.45, 2.75) is 0 Å². The molecule has 0 spiro atoms. The Balaban J connectivity index is 2.07. The summed E-state index contributed by atoms with van der Waals surface area (Å²) in [6, 6.07) is 10.7. The maximum absolute atomic E-state index is 13.3. The van der Waals surface area contributed by atoms with Crippen molar-refractivity contribution < 1.29 is 8.78 Å². The van der Waals surface area contributed by atoms with Crippen molar-refractivity contribution in [3.8, 4) is 0 Å². The van der Waals surface area contributed by atoms with Crippen LogP contribution in [0, 0.1) is 11.6 Å². The van der Waals surface area contributed by atoms with Gasteiger partial charge in [-0.05, 0) is 29.8 Å². The molecule has 0 radical (unpaired) electrons. The van der Waals surface area contributed by atoms with E-state index < -0.39 is 11.6 Å². The molecule has 0 fully saturated rings. The van der Waals surface area contributed by atoms with Gasteiger partial charge in [0.25, 0.3) is 0 Å². The molecule has 0 atom stereocenters. The summed E-state index contributed by atoms with van der Waals surface area (Å²) in [5, 5.41) is 3.89. The van der Waals surface area contributed by atoms with Crippen LogP contribution >= 0.6 is 15.9 Å². The lowest BCUT2D eigenvalue weighted by Crippen LogP contribution is -1.94. The molecule has 2 aromatic carbocycles. The molecule has 0 heterocycles. The fourth-order valence-corrected chi connectivity index (χ4v) is 1.76. The Morgan fingerprint density at radius 1 is 1.11 bits per heavy atom. The first-order chi connectivity index (χ1) is 8.65. The zero-order valence-electron chi connectivity index (χ0n) is 9.20. The Morgan fingerprint density at radius 3 is 2.67 bits per heavy atom. The van der Waals surface area contributed by atoms with E-state index in [1.807, 2.05) is 24.3 Å². The molecule has 92 valence electrons. The van der Waals surface area contributed by atoms with E-state index in [4.69, 9.17) is 0 Å². The van der Waals surface area contributed by atoms with Crippen LogP contribution in [0.25, 0.3) is 0 Å². The SMILES string of the molecule is Fc1ccc(N/N=C\c2cccc(Br)c2)c(F)c1. The minimum Gasteiger partial charge on any atom is -0.276 e. The fraction of sp³-hybridized carbons (Fsp3) is 0. The fourth-order valence-electron chi connectivity index (χ4n) is 1.34. The molecular weight excluding hydrogens is 302 g/mol. The Bertz CT molecular complexity index is 585. The Labute approximate surface area is 111 Å². The summed E-state index contributed by atoms with van der Waals surface area (Å²) in [7, 11) is 0. The maximum atomic E-state index is 13.3. The molecule has 0 bridgehead atoms. The van der Waals surface area contributed by atoms with Crippen molar-refractivity contribution in [2.24, 2.45) is 5.10 Å². The van der Waals surface area contributed by atoms with Gasteiger partial charge in [-0.3, -0.25) is 5.43 Å². The normalized spacial score (nSPS) is 10.8. The summed E-state index contributed by atoms with van der Waals surface area (Å²) in [5.41, 5.74) is 3.51. The molecule has 0 aliphatic carbocycles. The second kappa shape index (κ2) is 5.73. The summed E-state index contributed by atoms with van der Waals surface area (Å²) in [6.07, 6.45) is 1.55. The summed E-state index contributed by atoms with van der Waals surface area (Å²) in [4.78, 5) is 0. The second-order valence-electron chi connectivity index (χ2n) is 3.55. The number of nitrogens with zero attached hydrogens (tertiary/aromatic N) is 1. The molecule has 2 aromatic rings. The van der Waals surface area contributed by atoms with Gasteiger partial charge in [-0.2, -0.15) is 5.10 Å². The third kappa shape index (κ3) is 3.37. The number of rotatable bonds is 3. The van der Waals surface area contributed by atoms with E-state index in [1.54, 1.807) is 6.21 Å². The second-order valence-corrected chi connectivity index (χ2v) is 4.46. The van der Waals surface area contributed by atoms with Crippen LogP contribution in [0.5, 0.6) is 0 Å². The quantitative estimate of drug-likeness (QED) is 0.667. The number of halogens is 3. The molecule has 0 aliphatic rings. The molecule has 1 N–H and O–H groups in total. The van der Waals surface area contributed by atoms with E-state index >= 15 is 0 Å². The molecule has 0 saturated heterocycles. The molecule has 2 nitrogen and oxygen atoms in total. The smallest absolute Gasteiger partial charge is 0.151 e. The van der Waals surface area contributed by atoms with Crippen LogP contribution in [0.3, 0.4) is 0 Å². The Morgan fingerprint density at radius 2 is 1.94 bits per heavy atom. The third-order valence-electron chi connectivity index (χ3n) is 2.18. The van der Waals surface area contributed by atoms with Gasteiger partial charge in [0.2, 0.25) is 0 Å². The van der Waals surface area contributed by atoms with Gasteiger partial charge in [-0.25, -0.2) is 8.78 Å². The van der Waals surface area contributed by atoms with Crippen LogP contribution in [0.4, 0.5) is 14.5 Å². The largest absolute Gasteiger partial charge is 0.276 e. The van der Waals surface area contributed by atoms with Crippen LogP contribution in [0.15, 0.2) is 52.0 Å². The molecule has 0 amide bonds. The predicted molar refractivity (Wildman–Crippen MR) is 71.7 cm³/mol. The number of hydrazone groups is 1. The average molecular weight is 311 g/mol. The first-order valence-electron chi connectivity index (χ1n) is 5.15. The molecule has 0 aliphatic heterocycles. The highest BCUT2D eigenvalue weighted by atomic mass is 79.9. The highest BCUT2D eigenvalue weighted by Gasteiger charge is 2.01. The van der Waals surface area contributed by atoms with Gasteiger partial charge < -0.3 is 0 Å². The number of nitrogens with one attached hydrogen (secondary N) is 1. The molecule has 0 aromatic heterocycles. The molecule has 5 heteroatoms. The molecule has 18 heavy (non-hydrogen) atoms. The summed E-state index contributed by atoms with van der Waals surface area (Å²) in [6.45, 7) is 0. The van der Waals surface area contributed by atoms with Gasteiger partial charge in [0.15, 0.2) is 5.82 Å². The predicted octanol–water partition coefficient (Wildman–Crippen LogP) is 4.17. The lowest BCUT2D eigenvalue weighted by Gasteiger charge is -2.01. The number of hydrogen-bond donors (Lipinski definition) is 1. The third-order valence-corrected chi connectivity index (χ3v) is 2.67. The van der Waals surface area contributed by atoms with Crippen molar-refractivity contribution in [3.05, 3.63) is 64.1 Å². The zero-order chi connectivity index (χ0) is 13.0. The molecule has 0 saturated carbocycles. The van der Waals surface area contributed by atoms with Gasteiger partial charge in [-0.1, -0.05) is 28.1 Å². The first kappa shape index (κ1) is 12.7. The summed E-state index contributed by atoms with van der Waals surface area (Å²) >= 11 is 3.33. The maximum Gasteiger partial charge on any atom is 0.151 e. The Hall–Kier alpha value is -1.75. The van der Waals surface area contributed by atoms with E-state index in [9.17, 15) is 8.78 Å². The van der Waals surface area contributed by atoms with Crippen molar-refractivity contribution >= 4 is 27.8 Å². The first-order valence-corrected chi connectivity index (χ1v) is 5.94. The van der Waals surface area contributed by atoms with E-state index in [1.165, 1.54) is 12.1 Å². The topological polar surface area (TPSA) is 24.4 Å². The van der Waals surface area contributed by atoms with Crippen molar-refractivity contribution in [1.29, 1.82) is 0 Å². The van der Waals surface area contributed by atoms with Crippen LogP contribution in [0.1, 0.15) is 5.56 Å². The number of anilines is 1. The van der Waals surface area contributed by atoms with Crippen molar-refractivity contribution in [2.75, 3.05) is 5.43 Å². The van der Waals surface area contributed by atoms with Gasteiger partial charge in [0, 0.05) is 10.5 Å². The van der Waals surface area contributed by atoms with Gasteiger partial charge in [0.1, 0.15) is 5.82 Å². The van der Waals surface area contributed by atoms with E-state index in [-0.39, 0.29) is 5.69 Å². The monoisotopic (exact) mass is 310 g/mol. The van der Waals surface area contributed by atoms with Gasteiger partial charge in [0.05, 0.1) is 11.9 Å². The van der Waals surface area contributed by atoms with E-state index in [2.05, 4.69) is 26.5 Å². The highest BCUT2D eigenvalue weighted by molar-refractivity contribution is 9.10. The number of benzene rings is 2. The average Bonchev–Trinajstić information content (AvgIpc) is 2.32. The lowest BCUT2D eigenvalue weighted by molar-refractivity contribution is 0.585. The molecule has 2 rings (SSSR count). The van der Waals surface area contributed by atoms with Crippen molar-refractivity contribution in [1.82, 2.24) is 0 Å².